The van der Waals surface area contributed by atoms with E-state index in [2.05, 4.69) is 10.3 Å². The summed E-state index contributed by atoms with van der Waals surface area (Å²) in [7, 11) is 1.70. The number of carbonyl (C=O) groups excluding carboxylic acids is 1. The molecule has 7 nitrogen and oxygen atoms in total. The van der Waals surface area contributed by atoms with E-state index in [0.29, 0.717) is 0 Å². The lowest BCUT2D eigenvalue weighted by atomic mass is 10.3. The van der Waals surface area contributed by atoms with Crippen LogP contribution in [0.15, 0.2) is 47.4 Å². The molecule has 7 heteroatoms. The molecule has 0 fully saturated rings. The van der Waals surface area contributed by atoms with E-state index in [9.17, 15) is 14.7 Å². The van der Waals surface area contributed by atoms with Crippen molar-refractivity contribution in [3.8, 4) is 5.75 Å². The van der Waals surface area contributed by atoms with E-state index < -0.39 is 0 Å². The van der Waals surface area contributed by atoms with Crippen molar-refractivity contribution in [2.75, 3.05) is 5.32 Å². The third-order valence-corrected chi connectivity index (χ3v) is 3.66. The minimum atomic E-state index is -0.321. The Balaban J connectivity index is 1.76. The summed E-state index contributed by atoms with van der Waals surface area (Å²) in [6.45, 7) is 0.250. The van der Waals surface area contributed by atoms with Crippen LogP contribution in [-0.2, 0) is 18.4 Å². The van der Waals surface area contributed by atoms with E-state index >= 15 is 0 Å². The van der Waals surface area contributed by atoms with Crippen LogP contribution >= 0.6 is 0 Å². The Labute approximate surface area is 131 Å². The first-order chi connectivity index (χ1) is 11.1. The predicted molar refractivity (Wildman–Crippen MR) is 86.3 cm³/mol. The second-order valence-corrected chi connectivity index (χ2v) is 5.15. The number of aryl methyl sites for hydroxylation is 2. The molecule has 0 saturated heterocycles. The highest BCUT2D eigenvalue weighted by Gasteiger charge is 2.12. The second-order valence-electron chi connectivity index (χ2n) is 5.15. The van der Waals surface area contributed by atoms with Gasteiger partial charge in [0, 0.05) is 26.2 Å². The quantitative estimate of drug-likeness (QED) is 0.763. The molecule has 0 unspecified atom stereocenters. The van der Waals surface area contributed by atoms with Gasteiger partial charge in [0.25, 0.3) is 0 Å². The first kappa shape index (κ1) is 14.8. The van der Waals surface area contributed by atoms with E-state index in [1.807, 2.05) is 24.3 Å². The van der Waals surface area contributed by atoms with E-state index in [1.54, 1.807) is 22.2 Å². The van der Waals surface area contributed by atoms with E-state index in [1.165, 1.54) is 12.3 Å². The number of rotatable bonds is 4. The molecule has 118 valence electrons. The number of amides is 1. The number of imidazole rings is 1. The lowest BCUT2D eigenvalue weighted by Gasteiger charge is -2.06. The molecule has 2 N–H and O–H groups in total. The van der Waals surface area contributed by atoms with Gasteiger partial charge in [0.2, 0.25) is 5.91 Å². The molecule has 0 atom stereocenters. The third-order valence-electron chi connectivity index (χ3n) is 3.66. The van der Waals surface area contributed by atoms with Crippen molar-refractivity contribution in [3.05, 3.63) is 53.1 Å². The van der Waals surface area contributed by atoms with Gasteiger partial charge in [-0.2, -0.15) is 0 Å². The molecule has 3 rings (SSSR count). The number of fused-ring (bicyclic) bond motifs is 1. The maximum absolute atomic E-state index is 12.3. The van der Waals surface area contributed by atoms with Gasteiger partial charge in [0.1, 0.15) is 0 Å². The molecular formula is C16H16N4O3. The maximum Gasteiger partial charge on any atom is 0.328 e. The van der Waals surface area contributed by atoms with Crippen LogP contribution in [0.4, 0.5) is 5.82 Å². The lowest BCUT2D eigenvalue weighted by molar-refractivity contribution is -0.116. The van der Waals surface area contributed by atoms with Crippen LogP contribution in [0.2, 0.25) is 0 Å². The zero-order valence-corrected chi connectivity index (χ0v) is 12.6. The first-order valence-corrected chi connectivity index (χ1v) is 7.16. The zero-order valence-electron chi connectivity index (χ0n) is 12.6. The number of benzene rings is 1. The minimum Gasteiger partial charge on any atom is -0.504 e. The molecule has 1 amide bonds. The number of para-hydroxylation sites is 2. The minimum absolute atomic E-state index is 0.0943. The summed E-state index contributed by atoms with van der Waals surface area (Å²) in [6.07, 6.45) is 1.58. The summed E-state index contributed by atoms with van der Waals surface area (Å²) in [5, 5.41) is 12.1. The van der Waals surface area contributed by atoms with Crippen molar-refractivity contribution < 1.29 is 9.90 Å². The molecule has 0 saturated carbocycles. The summed E-state index contributed by atoms with van der Waals surface area (Å²) in [4.78, 5) is 28.2. The van der Waals surface area contributed by atoms with Gasteiger partial charge in [-0.05, 0) is 24.3 Å². The average molecular weight is 312 g/mol. The number of anilines is 1. The van der Waals surface area contributed by atoms with Crippen LogP contribution in [0.5, 0.6) is 5.75 Å². The molecule has 2 aromatic heterocycles. The topological polar surface area (TPSA) is 89.2 Å². The fraction of sp³-hybridized carbons (Fsp3) is 0.188. The predicted octanol–water partition coefficient (Wildman–Crippen LogP) is 1.47. The molecule has 2 heterocycles. The molecule has 0 aliphatic rings. The summed E-state index contributed by atoms with van der Waals surface area (Å²) < 4.78 is 3.12. The number of carbonyl (C=O) groups is 1. The Bertz CT molecular complexity index is 926. The van der Waals surface area contributed by atoms with Gasteiger partial charge in [-0.25, -0.2) is 9.78 Å². The highest BCUT2D eigenvalue weighted by molar-refractivity contribution is 5.91. The van der Waals surface area contributed by atoms with Gasteiger partial charge in [0.15, 0.2) is 11.6 Å². The Morgan fingerprint density at radius 3 is 2.70 bits per heavy atom. The fourth-order valence-corrected chi connectivity index (χ4v) is 2.48. The Hall–Kier alpha value is -3.09. The van der Waals surface area contributed by atoms with Gasteiger partial charge in [-0.15, -0.1) is 0 Å². The maximum atomic E-state index is 12.3. The van der Waals surface area contributed by atoms with Crippen molar-refractivity contribution in [1.82, 2.24) is 14.1 Å². The van der Waals surface area contributed by atoms with Crippen LogP contribution < -0.4 is 11.0 Å². The molecule has 0 spiro atoms. The molecule has 1 aromatic carbocycles. The molecular weight excluding hydrogens is 296 g/mol. The SMILES string of the molecule is Cn1c(=O)n(CCC(=O)Nc2ncccc2O)c2ccccc21. The fourth-order valence-electron chi connectivity index (χ4n) is 2.48. The van der Waals surface area contributed by atoms with Crippen LogP contribution in [0.3, 0.4) is 0 Å². The number of aromatic hydroxyl groups is 1. The lowest BCUT2D eigenvalue weighted by Crippen LogP contribution is -2.24. The van der Waals surface area contributed by atoms with Crippen LogP contribution in [0, 0.1) is 0 Å². The largest absolute Gasteiger partial charge is 0.504 e. The van der Waals surface area contributed by atoms with Crippen LogP contribution in [0.1, 0.15) is 6.42 Å². The van der Waals surface area contributed by atoms with Crippen molar-refractivity contribution in [3.63, 3.8) is 0 Å². The highest BCUT2D eigenvalue weighted by Crippen LogP contribution is 2.18. The third kappa shape index (κ3) is 2.80. The first-order valence-electron chi connectivity index (χ1n) is 7.16. The second kappa shape index (κ2) is 5.96. The van der Waals surface area contributed by atoms with Crippen LogP contribution in [-0.4, -0.2) is 25.1 Å². The van der Waals surface area contributed by atoms with E-state index in [-0.39, 0.29) is 36.1 Å². The van der Waals surface area contributed by atoms with Crippen molar-refractivity contribution in [2.24, 2.45) is 7.05 Å². The van der Waals surface area contributed by atoms with Crippen molar-refractivity contribution in [2.45, 2.75) is 13.0 Å². The van der Waals surface area contributed by atoms with Crippen molar-refractivity contribution >= 4 is 22.8 Å². The smallest absolute Gasteiger partial charge is 0.328 e. The van der Waals surface area contributed by atoms with Gasteiger partial charge < -0.3 is 10.4 Å². The van der Waals surface area contributed by atoms with Crippen LogP contribution in [0.25, 0.3) is 11.0 Å². The van der Waals surface area contributed by atoms with Crippen molar-refractivity contribution in [1.29, 1.82) is 0 Å². The summed E-state index contributed by atoms with van der Waals surface area (Å²) in [6, 6.07) is 10.4. The number of aromatic nitrogens is 3. The number of nitrogens with zero attached hydrogens (tertiary/aromatic N) is 3. The molecule has 0 aliphatic heterocycles. The number of pyridine rings is 1. The Kier molecular flexibility index (Phi) is 3.84. The summed E-state index contributed by atoms with van der Waals surface area (Å²) in [5.74, 6) is -0.301. The molecule has 23 heavy (non-hydrogen) atoms. The molecule has 3 aromatic rings. The highest BCUT2D eigenvalue weighted by atomic mass is 16.3. The van der Waals surface area contributed by atoms with Gasteiger partial charge in [-0.3, -0.25) is 13.9 Å². The Morgan fingerprint density at radius 1 is 1.22 bits per heavy atom. The van der Waals surface area contributed by atoms with Gasteiger partial charge in [-0.1, -0.05) is 12.1 Å². The number of nitrogens with one attached hydrogen (secondary N) is 1. The molecule has 0 bridgehead atoms. The van der Waals surface area contributed by atoms with Gasteiger partial charge >= 0.3 is 5.69 Å². The van der Waals surface area contributed by atoms with E-state index in [4.69, 9.17) is 0 Å². The molecule has 0 aliphatic carbocycles. The summed E-state index contributed by atoms with van der Waals surface area (Å²) in [5.41, 5.74) is 1.44. The number of hydrogen-bond acceptors (Lipinski definition) is 4. The zero-order chi connectivity index (χ0) is 16.4. The van der Waals surface area contributed by atoms with Gasteiger partial charge in [0.05, 0.1) is 11.0 Å². The average Bonchev–Trinajstić information content (AvgIpc) is 2.80. The monoisotopic (exact) mass is 312 g/mol. The Morgan fingerprint density at radius 2 is 1.96 bits per heavy atom. The number of hydrogen-bond donors (Lipinski definition) is 2. The summed E-state index contributed by atoms with van der Waals surface area (Å²) >= 11 is 0. The standard InChI is InChI=1S/C16H16N4O3/c1-19-11-5-2-3-6-12(11)20(16(19)23)10-8-14(22)18-15-13(21)7-4-9-17-15/h2-7,9,21H,8,10H2,1H3,(H,17,18,22). The van der Waals surface area contributed by atoms with E-state index in [0.717, 1.165) is 11.0 Å². The normalized spacial score (nSPS) is 10.8. The molecule has 0 radical (unpaired) electrons.